The van der Waals surface area contributed by atoms with Crippen LogP contribution >= 0.6 is 0 Å². The first kappa shape index (κ1) is 12.3. The Hall–Kier alpha value is -1.48. The van der Waals surface area contributed by atoms with Gasteiger partial charge in [-0.05, 0) is 49.5 Å². The van der Waals surface area contributed by atoms with Gasteiger partial charge in [-0.15, -0.1) is 0 Å². The molecule has 1 aromatic carbocycles. The fraction of sp³-hybridized carbons (Fsp3) is 0.412. The predicted molar refractivity (Wildman–Crippen MR) is 80.4 cm³/mol. The van der Waals surface area contributed by atoms with Crippen molar-refractivity contribution in [3.8, 4) is 5.75 Å². The summed E-state index contributed by atoms with van der Waals surface area (Å²) >= 11 is 0. The first-order valence-electron chi connectivity index (χ1n) is 7.35. The smallest absolute Gasteiger partial charge is 0.120 e. The third-order valence-electron chi connectivity index (χ3n) is 4.80. The molecule has 104 valence electrons. The van der Waals surface area contributed by atoms with Crippen LogP contribution in [-0.2, 0) is 7.05 Å². The lowest BCUT2D eigenvalue weighted by atomic mass is 9.75. The molecule has 3 aliphatic rings. The lowest BCUT2D eigenvalue weighted by Crippen LogP contribution is -2.43. The highest BCUT2D eigenvalue weighted by Gasteiger charge is 2.37. The second-order valence-electron chi connectivity index (χ2n) is 5.93. The number of hydrogen-bond acceptors (Lipinski definition) is 2. The second-order valence-corrected chi connectivity index (χ2v) is 5.93. The van der Waals surface area contributed by atoms with Crippen LogP contribution in [-0.4, -0.2) is 29.7 Å². The number of nitrogens with zero attached hydrogens (tertiary/aromatic N) is 2. The van der Waals surface area contributed by atoms with Gasteiger partial charge in [-0.25, -0.2) is 0 Å². The topological polar surface area (TPSA) is 17.4 Å². The molecule has 0 unspecified atom stereocenters. The fourth-order valence-electron chi connectivity index (χ4n) is 3.65. The molecule has 3 heteroatoms. The van der Waals surface area contributed by atoms with Gasteiger partial charge < -0.3 is 9.30 Å². The van der Waals surface area contributed by atoms with E-state index in [4.69, 9.17) is 4.74 Å². The van der Waals surface area contributed by atoms with Crippen molar-refractivity contribution in [3.63, 3.8) is 0 Å². The Bertz CT molecular complexity index is 638. The Balaban J connectivity index is 1.80. The summed E-state index contributed by atoms with van der Waals surface area (Å²) in [6.45, 7) is 4.84. The van der Waals surface area contributed by atoms with E-state index in [2.05, 4.69) is 47.5 Å². The maximum atomic E-state index is 5.35. The molecule has 2 aromatic rings. The van der Waals surface area contributed by atoms with Gasteiger partial charge in [0.25, 0.3) is 0 Å². The number of ether oxygens (including phenoxy) is 1. The number of rotatable bonds is 2. The molecule has 0 amide bonds. The summed E-state index contributed by atoms with van der Waals surface area (Å²) in [7, 11) is 3.84. The Morgan fingerprint density at radius 3 is 2.65 bits per heavy atom. The zero-order valence-electron chi connectivity index (χ0n) is 12.1. The number of aromatic nitrogens is 1. The molecule has 20 heavy (non-hydrogen) atoms. The molecule has 5 rings (SSSR count). The van der Waals surface area contributed by atoms with E-state index in [0.29, 0.717) is 0 Å². The van der Waals surface area contributed by atoms with Gasteiger partial charge in [0.15, 0.2) is 0 Å². The summed E-state index contributed by atoms with van der Waals surface area (Å²) in [5.74, 6) is 3.19. The molecule has 3 nitrogen and oxygen atoms in total. The van der Waals surface area contributed by atoms with E-state index in [1.54, 1.807) is 7.11 Å². The predicted octanol–water partition coefficient (Wildman–Crippen LogP) is 3.00. The summed E-state index contributed by atoms with van der Waals surface area (Å²) in [5, 5.41) is 1.34. The zero-order chi connectivity index (χ0) is 13.7. The van der Waals surface area contributed by atoms with Crippen LogP contribution < -0.4 is 4.74 Å². The van der Waals surface area contributed by atoms with E-state index in [1.807, 2.05) is 0 Å². The van der Waals surface area contributed by atoms with Crippen LogP contribution in [0.15, 0.2) is 24.4 Å². The SMILES string of the molecule is COc1ccc2c([C]3[CH]N4CCC3CC4)cn(C)c2c1. The molecule has 0 saturated carbocycles. The van der Waals surface area contributed by atoms with Gasteiger partial charge in [-0.1, -0.05) is 0 Å². The van der Waals surface area contributed by atoms with Crippen LogP contribution in [0, 0.1) is 18.4 Å². The standard InChI is InChI=1S/C17H20N2O/c1-18-10-16(14-4-3-13(20-2)9-17(14)18)15-11-19-7-5-12(15)6-8-19/h3-4,9-12H,5-8H2,1-2H3. The van der Waals surface area contributed by atoms with E-state index in [0.717, 1.165) is 11.7 Å². The minimum atomic E-state index is 0.743. The van der Waals surface area contributed by atoms with Gasteiger partial charge in [-0.2, -0.15) is 0 Å². The number of hydrogen-bond donors (Lipinski definition) is 0. The van der Waals surface area contributed by atoms with Crippen LogP contribution in [0.3, 0.4) is 0 Å². The Kier molecular flexibility index (Phi) is 2.77. The van der Waals surface area contributed by atoms with E-state index >= 15 is 0 Å². The summed E-state index contributed by atoms with van der Waals surface area (Å²) in [4.78, 5) is 2.47. The Morgan fingerprint density at radius 1 is 1.20 bits per heavy atom. The molecular formula is C17H20N2O. The fourth-order valence-corrected chi connectivity index (χ4v) is 3.65. The monoisotopic (exact) mass is 268 g/mol. The molecular weight excluding hydrogens is 248 g/mol. The van der Waals surface area contributed by atoms with Gasteiger partial charge in [0.05, 0.1) is 12.6 Å². The highest BCUT2D eigenvalue weighted by Crippen LogP contribution is 2.43. The maximum absolute atomic E-state index is 5.35. The van der Waals surface area contributed by atoms with Gasteiger partial charge in [0, 0.05) is 37.2 Å². The molecule has 2 bridgehead atoms. The first-order chi connectivity index (χ1) is 9.76. The van der Waals surface area contributed by atoms with Crippen molar-refractivity contribution in [2.75, 3.05) is 20.2 Å². The van der Waals surface area contributed by atoms with Crippen molar-refractivity contribution in [2.24, 2.45) is 13.0 Å². The summed E-state index contributed by atoms with van der Waals surface area (Å²) in [6.07, 6.45) is 4.88. The number of benzene rings is 1. The van der Waals surface area contributed by atoms with E-state index in [1.165, 1.54) is 48.3 Å². The van der Waals surface area contributed by atoms with Crippen LogP contribution in [0.1, 0.15) is 18.4 Å². The second kappa shape index (κ2) is 4.52. The molecule has 0 aliphatic carbocycles. The van der Waals surface area contributed by atoms with Gasteiger partial charge >= 0.3 is 0 Å². The van der Waals surface area contributed by atoms with Crippen LogP contribution in [0.4, 0.5) is 0 Å². The molecule has 0 N–H and O–H groups in total. The molecule has 0 atom stereocenters. The normalized spacial score (nSPS) is 26.3. The number of aryl methyl sites for hydroxylation is 1. The Morgan fingerprint density at radius 2 is 2.00 bits per heavy atom. The molecule has 4 heterocycles. The minimum Gasteiger partial charge on any atom is -0.497 e. The largest absolute Gasteiger partial charge is 0.497 e. The quantitative estimate of drug-likeness (QED) is 0.833. The highest BCUT2D eigenvalue weighted by molar-refractivity contribution is 5.87. The molecule has 1 aromatic heterocycles. The minimum absolute atomic E-state index is 0.743. The van der Waals surface area contributed by atoms with Crippen LogP contribution in [0.2, 0.25) is 0 Å². The molecule has 0 spiro atoms. The number of piperidine rings is 3. The zero-order valence-corrected chi connectivity index (χ0v) is 12.1. The third kappa shape index (κ3) is 1.76. The van der Waals surface area contributed by atoms with Gasteiger partial charge in [0.1, 0.15) is 5.75 Å². The van der Waals surface area contributed by atoms with Crippen LogP contribution in [0.25, 0.3) is 10.9 Å². The van der Waals surface area contributed by atoms with E-state index in [-0.39, 0.29) is 0 Å². The first-order valence-corrected chi connectivity index (χ1v) is 7.35. The summed E-state index contributed by atoms with van der Waals surface area (Å²) in [5.41, 5.74) is 2.65. The van der Waals surface area contributed by atoms with E-state index in [9.17, 15) is 0 Å². The molecule has 3 saturated heterocycles. The van der Waals surface area contributed by atoms with Crippen LogP contribution in [0.5, 0.6) is 5.75 Å². The van der Waals surface area contributed by atoms with Crippen molar-refractivity contribution in [2.45, 2.75) is 12.8 Å². The average Bonchev–Trinajstić information content (AvgIpc) is 2.85. The summed E-state index contributed by atoms with van der Waals surface area (Å²) in [6, 6.07) is 6.39. The van der Waals surface area contributed by atoms with Crippen molar-refractivity contribution < 1.29 is 4.74 Å². The van der Waals surface area contributed by atoms with Crippen molar-refractivity contribution in [1.82, 2.24) is 9.47 Å². The third-order valence-corrected chi connectivity index (χ3v) is 4.80. The van der Waals surface area contributed by atoms with Gasteiger partial charge in [0.2, 0.25) is 0 Å². The summed E-state index contributed by atoms with van der Waals surface area (Å²) < 4.78 is 7.56. The molecule has 2 radical (unpaired) electrons. The van der Waals surface area contributed by atoms with E-state index < -0.39 is 0 Å². The van der Waals surface area contributed by atoms with Gasteiger partial charge in [-0.3, -0.25) is 4.90 Å². The molecule has 3 aliphatic heterocycles. The van der Waals surface area contributed by atoms with Crippen molar-refractivity contribution in [1.29, 1.82) is 0 Å². The lowest BCUT2D eigenvalue weighted by Gasteiger charge is -2.44. The lowest BCUT2D eigenvalue weighted by molar-refractivity contribution is 0.179. The van der Waals surface area contributed by atoms with Crippen molar-refractivity contribution in [3.05, 3.63) is 42.4 Å². The van der Waals surface area contributed by atoms with Crippen molar-refractivity contribution >= 4 is 10.9 Å². The number of methoxy groups -OCH3 is 1. The number of fused-ring (bicyclic) bond motifs is 4. The Labute approximate surface area is 120 Å². The maximum Gasteiger partial charge on any atom is 0.120 e. The average molecular weight is 268 g/mol. The molecule has 3 fully saturated rings. The highest BCUT2D eigenvalue weighted by atomic mass is 16.5.